The number of hydrogen-bond donors (Lipinski definition) is 0. The van der Waals surface area contributed by atoms with Crippen molar-refractivity contribution in [3.05, 3.63) is 54.6 Å². The first-order valence-electron chi connectivity index (χ1n) is 8.41. The van der Waals surface area contributed by atoms with Gasteiger partial charge in [-0.1, -0.05) is 56.5 Å². The second-order valence-electron chi connectivity index (χ2n) is 5.46. The number of thioether (sulfide) groups is 1. The Bertz CT molecular complexity index is 538. The van der Waals surface area contributed by atoms with E-state index in [1.807, 2.05) is 11.8 Å². The Balaban J connectivity index is 2.09. The van der Waals surface area contributed by atoms with E-state index in [1.165, 1.54) is 47.7 Å². The summed E-state index contributed by atoms with van der Waals surface area (Å²) in [7, 11) is 0. The van der Waals surface area contributed by atoms with Crippen LogP contribution in [0.2, 0.25) is 0 Å². The van der Waals surface area contributed by atoms with Crippen LogP contribution in [0.4, 0.5) is 11.4 Å². The lowest BCUT2D eigenvalue weighted by atomic mass is 10.2. The Morgan fingerprint density at radius 1 is 0.818 bits per heavy atom. The number of anilines is 2. The van der Waals surface area contributed by atoms with Crippen molar-refractivity contribution in [2.75, 3.05) is 17.2 Å². The van der Waals surface area contributed by atoms with E-state index in [2.05, 4.69) is 73.3 Å². The van der Waals surface area contributed by atoms with Crippen LogP contribution in [0.5, 0.6) is 0 Å². The molecular formula is C20H27NS. The molecule has 2 aromatic rings. The molecule has 0 atom stereocenters. The summed E-state index contributed by atoms with van der Waals surface area (Å²) < 4.78 is 0. The number of nitrogens with zero attached hydrogens (tertiary/aromatic N) is 1. The summed E-state index contributed by atoms with van der Waals surface area (Å²) in [4.78, 5) is 3.79. The topological polar surface area (TPSA) is 3.24 Å². The Morgan fingerprint density at radius 2 is 1.55 bits per heavy atom. The number of para-hydroxylation sites is 2. The van der Waals surface area contributed by atoms with Crippen LogP contribution in [-0.2, 0) is 0 Å². The van der Waals surface area contributed by atoms with Crippen LogP contribution >= 0.6 is 11.8 Å². The monoisotopic (exact) mass is 313 g/mol. The van der Waals surface area contributed by atoms with E-state index in [4.69, 9.17) is 0 Å². The van der Waals surface area contributed by atoms with Crippen molar-refractivity contribution in [3.63, 3.8) is 0 Å². The minimum absolute atomic E-state index is 0.984. The second kappa shape index (κ2) is 9.58. The molecule has 0 fully saturated rings. The predicted molar refractivity (Wildman–Crippen MR) is 100 cm³/mol. The lowest BCUT2D eigenvalue weighted by Gasteiger charge is -2.25. The third-order valence-corrected chi connectivity index (χ3v) is 4.94. The van der Waals surface area contributed by atoms with E-state index in [9.17, 15) is 0 Å². The molecule has 0 aliphatic carbocycles. The minimum Gasteiger partial charge on any atom is -0.341 e. The van der Waals surface area contributed by atoms with Crippen LogP contribution in [0.3, 0.4) is 0 Å². The Labute approximate surface area is 139 Å². The highest BCUT2D eigenvalue weighted by atomic mass is 32.2. The lowest BCUT2D eigenvalue weighted by molar-refractivity contribution is 0.706. The number of benzene rings is 2. The molecule has 0 radical (unpaired) electrons. The molecule has 0 unspecified atom stereocenters. The quantitative estimate of drug-likeness (QED) is 0.383. The van der Waals surface area contributed by atoms with Gasteiger partial charge in [-0.05, 0) is 43.4 Å². The number of rotatable bonds is 9. The van der Waals surface area contributed by atoms with E-state index in [1.54, 1.807) is 0 Å². The molecule has 0 bridgehead atoms. The van der Waals surface area contributed by atoms with Gasteiger partial charge in [0.1, 0.15) is 0 Å². The molecule has 0 saturated heterocycles. The number of hydrogen-bond acceptors (Lipinski definition) is 2. The summed E-state index contributed by atoms with van der Waals surface area (Å²) in [6.45, 7) is 5.47. The van der Waals surface area contributed by atoms with E-state index >= 15 is 0 Å². The highest BCUT2D eigenvalue weighted by Crippen LogP contribution is 2.34. The van der Waals surface area contributed by atoms with Gasteiger partial charge in [-0.3, -0.25) is 0 Å². The average molecular weight is 314 g/mol. The van der Waals surface area contributed by atoms with Crippen LogP contribution in [-0.4, -0.2) is 12.3 Å². The third-order valence-electron chi connectivity index (χ3n) is 3.80. The molecule has 118 valence electrons. The molecule has 0 heterocycles. The fourth-order valence-electron chi connectivity index (χ4n) is 2.61. The van der Waals surface area contributed by atoms with Gasteiger partial charge in [0.2, 0.25) is 0 Å². The zero-order chi connectivity index (χ0) is 15.6. The maximum absolute atomic E-state index is 2.40. The average Bonchev–Trinajstić information content (AvgIpc) is 2.57. The van der Waals surface area contributed by atoms with Crippen molar-refractivity contribution in [2.45, 2.75) is 44.4 Å². The van der Waals surface area contributed by atoms with E-state index in [0.29, 0.717) is 0 Å². The summed E-state index contributed by atoms with van der Waals surface area (Å²) in [5, 5.41) is 0. The van der Waals surface area contributed by atoms with Crippen molar-refractivity contribution in [2.24, 2.45) is 0 Å². The zero-order valence-electron chi connectivity index (χ0n) is 13.8. The molecule has 1 nitrogen and oxygen atoms in total. The molecule has 2 heteroatoms. The van der Waals surface area contributed by atoms with Crippen LogP contribution in [0.25, 0.3) is 0 Å². The molecule has 0 saturated carbocycles. The maximum atomic E-state index is 2.40. The zero-order valence-corrected chi connectivity index (χ0v) is 14.6. The van der Waals surface area contributed by atoms with Gasteiger partial charge in [0.05, 0.1) is 5.69 Å². The fraction of sp³-hybridized carbons (Fsp3) is 0.400. The molecule has 0 aliphatic rings. The van der Waals surface area contributed by atoms with Gasteiger partial charge in [-0.15, -0.1) is 11.8 Å². The highest BCUT2D eigenvalue weighted by molar-refractivity contribution is 7.99. The van der Waals surface area contributed by atoms with Crippen molar-refractivity contribution < 1.29 is 0 Å². The van der Waals surface area contributed by atoms with E-state index in [0.717, 1.165) is 6.54 Å². The molecule has 0 aromatic heterocycles. The molecule has 22 heavy (non-hydrogen) atoms. The normalized spacial score (nSPS) is 10.6. The first-order valence-corrected chi connectivity index (χ1v) is 9.39. The maximum Gasteiger partial charge on any atom is 0.0548 e. The SMILES string of the molecule is CCCCCCSc1ccccc1N(CC)c1ccccc1. The van der Waals surface area contributed by atoms with Crippen molar-refractivity contribution in [1.82, 2.24) is 0 Å². The second-order valence-corrected chi connectivity index (χ2v) is 6.59. The summed E-state index contributed by atoms with van der Waals surface area (Å²) in [6.07, 6.45) is 5.32. The van der Waals surface area contributed by atoms with Crippen LogP contribution in [0.1, 0.15) is 39.5 Å². The molecule has 0 spiro atoms. The molecule has 2 aromatic carbocycles. The Morgan fingerprint density at radius 3 is 2.27 bits per heavy atom. The van der Waals surface area contributed by atoms with Gasteiger partial charge in [0.15, 0.2) is 0 Å². The van der Waals surface area contributed by atoms with Crippen molar-refractivity contribution >= 4 is 23.1 Å². The minimum atomic E-state index is 0.984. The summed E-state index contributed by atoms with van der Waals surface area (Å²) in [6, 6.07) is 19.5. The van der Waals surface area contributed by atoms with Gasteiger partial charge >= 0.3 is 0 Å². The number of unbranched alkanes of at least 4 members (excludes halogenated alkanes) is 3. The smallest absolute Gasteiger partial charge is 0.0548 e. The van der Waals surface area contributed by atoms with Gasteiger partial charge < -0.3 is 4.90 Å². The van der Waals surface area contributed by atoms with Crippen molar-refractivity contribution in [1.29, 1.82) is 0 Å². The van der Waals surface area contributed by atoms with Crippen LogP contribution in [0.15, 0.2) is 59.5 Å². The standard InChI is InChI=1S/C20H27NS/c1-3-5-6-12-17-22-20-16-11-10-15-19(20)21(4-2)18-13-8-7-9-14-18/h7-11,13-16H,3-6,12,17H2,1-2H3. The summed E-state index contributed by atoms with van der Waals surface area (Å²) >= 11 is 1.99. The molecule has 0 aliphatic heterocycles. The summed E-state index contributed by atoms with van der Waals surface area (Å²) in [5.74, 6) is 1.21. The third kappa shape index (κ3) is 4.81. The Hall–Kier alpha value is -1.41. The molecular weight excluding hydrogens is 286 g/mol. The first-order chi connectivity index (χ1) is 10.9. The van der Waals surface area contributed by atoms with Gasteiger partial charge in [-0.25, -0.2) is 0 Å². The van der Waals surface area contributed by atoms with E-state index in [-0.39, 0.29) is 0 Å². The Kier molecular flexibility index (Phi) is 7.38. The van der Waals surface area contributed by atoms with Crippen LogP contribution in [0, 0.1) is 0 Å². The van der Waals surface area contributed by atoms with Crippen LogP contribution < -0.4 is 4.90 Å². The van der Waals surface area contributed by atoms with Gasteiger partial charge in [0, 0.05) is 17.1 Å². The van der Waals surface area contributed by atoms with Gasteiger partial charge in [-0.2, -0.15) is 0 Å². The molecule has 0 N–H and O–H groups in total. The van der Waals surface area contributed by atoms with E-state index < -0.39 is 0 Å². The first kappa shape index (κ1) is 17.0. The highest BCUT2D eigenvalue weighted by Gasteiger charge is 2.11. The van der Waals surface area contributed by atoms with Crippen molar-refractivity contribution in [3.8, 4) is 0 Å². The summed E-state index contributed by atoms with van der Waals surface area (Å²) in [5.41, 5.74) is 2.60. The molecule has 2 rings (SSSR count). The largest absolute Gasteiger partial charge is 0.341 e. The lowest BCUT2D eigenvalue weighted by Crippen LogP contribution is -2.16. The van der Waals surface area contributed by atoms with Gasteiger partial charge in [0.25, 0.3) is 0 Å². The predicted octanol–water partition coefficient (Wildman–Crippen LogP) is 6.52. The fourth-order valence-corrected chi connectivity index (χ4v) is 3.68. The molecule has 0 amide bonds.